The molecule has 0 bridgehead atoms. The summed E-state index contributed by atoms with van der Waals surface area (Å²) >= 11 is 3.22. The van der Waals surface area contributed by atoms with Crippen molar-refractivity contribution in [1.82, 2.24) is 24.1 Å². The first kappa shape index (κ1) is 15.0. The van der Waals surface area contributed by atoms with E-state index in [4.69, 9.17) is 5.73 Å². The van der Waals surface area contributed by atoms with E-state index in [0.717, 1.165) is 4.57 Å². The van der Waals surface area contributed by atoms with Gasteiger partial charge in [-0.05, 0) is 15.9 Å². The zero-order valence-corrected chi connectivity index (χ0v) is 12.8. The third kappa shape index (κ3) is 2.59. The highest BCUT2D eigenvalue weighted by atomic mass is 79.9. The molecule has 0 atom stereocenters. The fraction of sp³-hybridized carbons (Fsp3) is 0.300. The van der Waals surface area contributed by atoms with Crippen LogP contribution in [0, 0.1) is 0 Å². The Labute approximate surface area is 126 Å². The molecule has 2 amide bonds. The highest BCUT2D eigenvalue weighted by Gasteiger charge is 2.17. The van der Waals surface area contributed by atoms with Gasteiger partial charge in [0.15, 0.2) is 15.9 Å². The maximum absolute atomic E-state index is 12.2. The summed E-state index contributed by atoms with van der Waals surface area (Å²) in [5.74, 6) is 0. The fourth-order valence-corrected chi connectivity index (χ4v) is 2.31. The Morgan fingerprint density at radius 1 is 1.43 bits per heavy atom. The molecule has 0 aromatic carbocycles. The fourth-order valence-electron chi connectivity index (χ4n) is 1.82. The van der Waals surface area contributed by atoms with Crippen molar-refractivity contribution >= 4 is 39.3 Å². The molecule has 2 aromatic rings. The number of imidazole rings is 1. The molecule has 2 rings (SSSR count). The van der Waals surface area contributed by atoms with Crippen LogP contribution >= 0.6 is 15.9 Å². The predicted octanol–water partition coefficient (Wildman–Crippen LogP) is -1.15. The van der Waals surface area contributed by atoms with Crippen LogP contribution in [0.2, 0.25) is 0 Å². The number of nitrogens with one attached hydrogen (secondary N) is 1. The number of aryl methyl sites for hydroxylation is 1. The van der Waals surface area contributed by atoms with Gasteiger partial charge in [-0.1, -0.05) is 0 Å². The normalized spacial score (nSPS) is 11.4. The average molecular weight is 358 g/mol. The smallest absolute Gasteiger partial charge is 0.332 e. The molecule has 0 saturated heterocycles. The molecule has 0 unspecified atom stereocenters. The number of carbonyl (C=O) groups is 1. The molecule has 0 aliphatic carbocycles. The molecule has 2 heterocycles. The van der Waals surface area contributed by atoms with Crippen LogP contribution in [0.5, 0.6) is 0 Å². The minimum Gasteiger partial charge on any atom is -0.350 e. The van der Waals surface area contributed by atoms with E-state index in [2.05, 4.69) is 26.0 Å². The largest absolute Gasteiger partial charge is 0.350 e. The second-order valence-corrected chi connectivity index (χ2v) is 4.87. The zero-order chi connectivity index (χ0) is 15.7. The lowest BCUT2D eigenvalue weighted by molar-refractivity contribution is 0.249. The Hall–Kier alpha value is -2.43. The molecule has 0 aliphatic heterocycles. The van der Waals surface area contributed by atoms with Gasteiger partial charge in [0.1, 0.15) is 0 Å². The van der Waals surface area contributed by atoms with Crippen LogP contribution in [0.1, 0.15) is 0 Å². The van der Waals surface area contributed by atoms with Gasteiger partial charge in [0, 0.05) is 20.3 Å². The van der Waals surface area contributed by atoms with Gasteiger partial charge in [-0.3, -0.25) is 13.9 Å². The number of rotatable bonds is 3. The van der Waals surface area contributed by atoms with Gasteiger partial charge in [0.25, 0.3) is 5.56 Å². The topological polar surface area (TPSA) is 129 Å². The van der Waals surface area contributed by atoms with E-state index in [1.54, 1.807) is 0 Å². The number of nitrogens with zero attached hydrogens (tertiary/aromatic N) is 5. The van der Waals surface area contributed by atoms with Crippen molar-refractivity contribution in [3.05, 3.63) is 25.6 Å². The summed E-state index contributed by atoms with van der Waals surface area (Å²) in [5.41, 5.74) is 6.48. The van der Waals surface area contributed by atoms with Crippen molar-refractivity contribution in [2.45, 2.75) is 6.54 Å². The molecule has 10 nitrogen and oxygen atoms in total. The van der Waals surface area contributed by atoms with Gasteiger partial charge in [0.2, 0.25) is 0 Å². The molecule has 11 heteroatoms. The first-order valence-corrected chi connectivity index (χ1v) is 6.52. The first-order valence-electron chi connectivity index (χ1n) is 5.73. The van der Waals surface area contributed by atoms with E-state index in [1.807, 2.05) is 5.43 Å². The summed E-state index contributed by atoms with van der Waals surface area (Å²) in [6, 6.07) is -0.792. The Bertz CT molecular complexity index is 860. The number of halogens is 1. The molecule has 0 spiro atoms. The number of urea groups is 1. The van der Waals surface area contributed by atoms with Crippen LogP contribution < -0.4 is 22.4 Å². The van der Waals surface area contributed by atoms with Crippen LogP contribution in [0.25, 0.3) is 11.2 Å². The van der Waals surface area contributed by atoms with E-state index in [1.165, 1.54) is 29.4 Å². The van der Waals surface area contributed by atoms with Crippen LogP contribution in [-0.4, -0.2) is 30.9 Å². The van der Waals surface area contributed by atoms with E-state index in [0.29, 0.717) is 4.73 Å². The third-order valence-electron chi connectivity index (χ3n) is 2.83. The second kappa shape index (κ2) is 5.52. The van der Waals surface area contributed by atoms with Crippen molar-refractivity contribution in [2.75, 3.05) is 0 Å². The van der Waals surface area contributed by atoms with Crippen LogP contribution in [-0.2, 0) is 20.6 Å². The molecule has 21 heavy (non-hydrogen) atoms. The molecule has 0 fully saturated rings. The lowest BCUT2D eigenvalue weighted by atomic mass is 10.5. The molecule has 2 aromatic heterocycles. The van der Waals surface area contributed by atoms with Crippen molar-refractivity contribution in [3.8, 4) is 0 Å². The lowest BCUT2D eigenvalue weighted by Crippen LogP contribution is -2.37. The highest BCUT2D eigenvalue weighted by molar-refractivity contribution is 9.10. The summed E-state index contributed by atoms with van der Waals surface area (Å²) in [6.45, 7) is 0.158. The minimum atomic E-state index is -0.792. The van der Waals surface area contributed by atoms with E-state index >= 15 is 0 Å². The number of hydrazone groups is 1. The molecule has 0 saturated carbocycles. The van der Waals surface area contributed by atoms with Crippen LogP contribution in [0.3, 0.4) is 0 Å². The van der Waals surface area contributed by atoms with Crippen LogP contribution in [0.15, 0.2) is 19.4 Å². The van der Waals surface area contributed by atoms with E-state index in [-0.39, 0.29) is 17.7 Å². The number of amides is 2. The molecular weight excluding hydrogens is 346 g/mol. The van der Waals surface area contributed by atoms with Crippen molar-refractivity contribution in [1.29, 1.82) is 0 Å². The van der Waals surface area contributed by atoms with Crippen molar-refractivity contribution in [2.24, 2.45) is 24.9 Å². The molecule has 112 valence electrons. The van der Waals surface area contributed by atoms with Gasteiger partial charge in [0.05, 0.1) is 6.54 Å². The van der Waals surface area contributed by atoms with E-state index < -0.39 is 17.3 Å². The van der Waals surface area contributed by atoms with Crippen molar-refractivity contribution in [3.63, 3.8) is 0 Å². The predicted molar refractivity (Wildman–Crippen MR) is 79.1 cm³/mol. The number of hydrogen-bond donors (Lipinski definition) is 2. The number of primary amides is 1. The molecule has 0 aliphatic rings. The Morgan fingerprint density at radius 2 is 2.10 bits per heavy atom. The molecular formula is C10H12BrN7O3. The van der Waals surface area contributed by atoms with Crippen molar-refractivity contribution < 1.29 is 4.79 Å². The summed E-state index contributed by atoms with van der Waals surface area (Å²) in [7, 11) is 2.91. The van der Waals surface area contributed by atoms with Gasteiger partial charge < -0.3 is 10.3 Å². The summed E-state index contributed by atoms with van der Waals surface area (Å²) in [6.07, 6.45) is 1.35. The average Bonchev–Trinajstić information content (AvgIpc) is 2.76. The van der Waals surface area contributed by atoms with E-state index in [9.17, 15) is 14.4 Å². The maximum Gasteiger partial charge on any atom is 0.332 e. The molecule has 0 radical (unpaired) electrons. The quantitative estimate of drug-likeness (QED) is 0.408. The van der Waals surface area contributed by atoms with Crippen LogP contribution in [0.4, 0.5) is 4.79 Å². The molecule has 3 N–H and O–H groups in total. The Kier molecular flexibility index (Phi) is 3.93. The highest BCUT2D eigenvalue weighted by Crippen LogP contribution is 2.15. The number of carbonyl (C=O) groups excluding carboxylic acids is 1. The van der Waals surface area contributed by atoms with Gasteiger partial charge in [-0.2, -0.15) is 5.10 Å². The number of aromatic nitrogens is 4. The summed E-state index contributed by atoms with van der Waals surface area (Å²) < 4.78 is 4.15. The first-order chi connectivity index (χ1) is 9.84. The zero-order valence-electron chi connectivity index (χ0n) is 11.2. The number of hydrogen-bond acceptors (Lipinski definition) is 5. The Morgan fingerprint density at radius 3 is 2.71 bits per heavy atom. The maximum atomic E-state index is 12.2. The van der Waals surface area contributed by atoms with Gasteiger partial charge in [-0.15, -0.1) is 0 Å². The second-order valence-electron chi connectivity index (χ2n) is 4.16. The standard InChI is InChI=1S/C10H12BrN7O3/c1-16-6-5(7(19)17(2)10(16)21)18(8(11)14-6)4-3-13-15-9(12)20/h3H,4H2,1-2H3,(H3,12,15,20)/b13-3-. The summed E-state index contributed by atoms with van der Waals surface area (Å²) in [4.78, 5) is 38.7. The third-order valence-corrected chi connectivity index (χ3v) is 3.44. The lowest BCUT2D eigenvalue weighted by Gasteiger charge is -2.04. The summed E-state index contributed by atoms with van der Waals surface area (Å²) in [5, 5.41) is 3.59. The Balaban J connectivity index is 2.58. The monoisotopic (exact) mass is 357 g/mol. The van der Waals surface area contributed by atoms with Gasteiger partial charge >= 0.3 is 11.7 Å². The number of nitrogens with two attached hydrogens (primary N) is 1. The number of fused-ring (bicyclic) bond motifs is 1. The SMILES string of the molecule is Cn1c(=O)c2c(nc(Br)n2C/C=N\NC(N)=O)n(C)c1=O. The van der Waals surface area contributed by atoms with Gasteiger partial charge in [-0.25, -0.2) is 20.0 Å². The minimum absolute atomic E-state index is 0.158.